The molecule has 2 aliphatic carbocycles. The lowest BCUT2D eigenvalue weighted by Crippen LogP contribution is -2.44. The number of nitrogens with two attached hydrogens (primary N) is 1. The van der Waals surface area contributed by atoms with Gasteiger partial charge in [-0.2, -0.15) is 0 Å². The van der Waals surface area contributed by atoms with Crippen LogP contribution >= 0.6 is 0 Å². The molecular formula is C15H27N3. The number of hydrogen-bond acceptors (Lipinski definition) is 1. The normalized spacial score (nSPS) is 29.2. The summed E-state index contributed by atoms with van der Waals surface area (Å²) >= 11 is 0. The second kappa shape index (κ2) is 4.75. The van der Waals surface area contributed by atoms with E-state index < -0.39 is 0 Å². The SMILES string of the molecule is CC1CCN(C(N)=NCC2(C3CC3)CCC2)CC1. The van der Waals surface area contributed by atoms with Crippen LogP contribution in [0, 0.1) is 17.3 Å². The van der Waals surface area contributed by atoms with Crippen molar-refractivity contribution in [1.29, 1.82) is 0 Å². The summed E-state index contributed by atoms with van der Waals surface area (Å²) in [4.78, 5) is 7.04. The minimum absolute atomic E-state index is 0.563. The Kier molecular flexibility index (Phi) is 3.25. The fraction of sp³-hybridized carbons (Fsp3) is 0.933. The molecule has 0 spiro atoms. The maximum absolute atomic E-state index is 6.18. The second-order valence-corrected chi connectivity index (χ2v) is 6.83. The summed E-state index contributed by atoms with van der Waals surface area (Å²) in [5.41, 5.74) is 6.74. The number of aliphatic imine (C=N–C) groups is 1. The molecule has 3 nitrogen and oxygen atoms in total. The minimum Gasteiger partial charge on any atom is -0.370 e. The van der Waals surface area contributed by atoms with Crippen LogP contribution in [0.1, 0.15) is 51.9 Å². The molecule has 0 atom stereocenters. The van der Waals surface area contributed by atoms with Crippen LogP contribution in [0.3, 0.4) is 0 Å². The van der Waals surface area contributed by atoms with Crippen molar-refractivity contribution in [3.8, 4) is 0 Å². The van der Waals surface area contributed by atoms with Crippen LogP contribution in [0.15, 0.2) is 4.99 Å². The van der Waals surface area contributed by atoms with E-state index in [9.17, 15) is 0 Å². The zero-order valence-corrected chi connectivity index (χ0v) is 11.7. The molecule has 0 bridgehead atoms. The molecule has 1 saturated heterocycles. The molecule has 18 heavy (non-hydrogen) atoms. The third-order valence-electron chi connectivity index (χ3n) is 5.46. The Hall–Kier alpha value is -0.730. The van der Waals surface area contributed by atoms with Gasteiger partial charge in [0.25, 0.3) is 0 Å². The van der Waals surface area contributed by atoms with Crippen molar-refractivity contribution in [3.63, 3.8) is 0 Å². The van der Waals surface area contributed by atoms with Gasteiger partial charge in [0.15, 0.2) is 5.96 Å². The van der Waals surface area contributed by atoms with Crippen molar-refractivity contribution in [1.82, 2.24) is 4.90 Å². The summed E-state index contributed by atoms with van der Waals surface area (Å²) in [5, 5.41) is 0. The summed E-state index contributed by atoms with van der Waals surface area (Å²) in [6, 6.07) is 0. The molecule has 0 aromatic carbocycles. The smallest absolute Gasteiger partial charge is 0.191 e. The van der Waals surface area contributed by atoms with Gasteiger partial charge in [-0.3, -0.25) is 4.99 Å². The average Bonchev–Trinajstić information content (AvgIpc) is 3.13. The van der Waals surface area contributed by atoms with Gasteiger partial charge in [0.1, 0.15) is 0 Å². The second-order valence-electron chi connectivity index (χ2n) is 6.83. The Labute approximate surface area is 111 Å². The minimum atomic E-state index is 0.563. The first-order valence-electron chi connectivity index (χ1n) is 7.74. The molecule has 0 amide bonds. The molecule has 0 aromatic rings. The topological polar surface area (TPSA) is 41.6 Å². The molecule has 2 N–H and O–H groups in total. The van der Waals surface area contributed by atoms with Crippen molar-refractivity contribution in [3.05, 3.63) is 0 Å². The summed E-state index contributed by atoms with van der Waals surface area (Å²) < 4.78 is 0. The fourth-order valence-corrected chi connectivity index (χ4v) is 3.60. The number of rotatable bonds is 3. The predicted molar refractivity (Wildman–Crippen MR) is 75.5 cm³/mol. The van der Waals surface area contributed by atoms with Gasteiger partial charge in [-0.25, -0.2) is 0 Å². The molecule has 1 heterocycles. The summed E-state index contributed by atoms with van der Waals surface area (Å²) in [5.74, 6) is 2.65. The molecule has 3 fully saturated rings. The number of nitrogens with zero attached hydrogens (tertiary/aromatic N) is 2. The number of hydrogen-bond donors (Lipinski definition) is 1. The molecular weight excluding hydrogens is 222 g/mol. The van der Waals surface area contributed by atoms with E-state index in [1.165, 1.54) is 44.9 Å². The van der Waals surface area contributed by atoms with E-state index in [4.69, 9.17) is 10.7 Å². The highest BCUT2D eigenvalue weighted by Crippen LogP contribution is 2.57. The standard InChI is InChI=1S/C15H27N3/c1-12-5-9-18(10-6-12)14(16)17-11-15(7-2-8-15)13-3-4-13/h12-13H,2-11H2,1H3,(H2,16,17). The highest BCUT2D eigenvalue weighted by molar-refractivity contribution is 5.78. The monoisotopic (exact) mass is 249 g/mol. The van der Waals surface area contributed by atoms with Crippen LogP contribution in [0.2, 0.25) is 0 Å². The molecule has 0 unspecified atom stereocenters. The zero-order chi connectivity index (χ0) is 12.6. The highest BCUT2D eigenvalue weighted by atomic mass is 15.3. The zero-order valence-electron chi connectivity index (χ0n) is 11.7. The van der Waals surface area contributed by atoms with Crippen molar-refractivity contribution >= 4 is 5.96 Å². The van der Waals surface area contributed by atoms with E-state index in [0.717, 1.165) is 37.4 Å². The highest BCUT2D eigenvalue weighted by Gasteiger charge is 2.48. The van der Waals surface area contributed by atoms with E-state index in [2.05, 4.69) is 11.8 Å². The fourth-order valence-electron chi connectivity index (χ4n) is 3.60. The molecule has 0 aromatic heterocycles. The summed E-state index contributed by atoms with van der Waals surface area (Å²) in [6.07, 6.45) is 9.62. The van der Waals surface area contributed by atoms with Gasteiger partial charge in [-0.1, -0.05) is 13.3 Å². The van der Waals surface area contributed by atoms with Crippen LogP contribution in [-0.4, -0.2) is 30.5 Å². The largest absolute Gasteiger partial charge is 0.370 e. The first kappa shape index (κ1) is 12.3. The Morgan fingerprint density at radius 2 is 1.89 bits per heavy atom. The van der Waals surface area contributed by atoms with Gasteiger partial charge in [0, 0.05) is 19.6 Å². The maximum atomic E-state index is 6.18. The van der Waals surface area contributed by atoms with E-state index in [1.54, 1.807) is 0 Å². The first-order valence-corrected chi connectivity index (χ1v) is 7.74. The molecule has 102 valence electrons. The van der Waals surface area contributed by atoms with Gasteiger partial charge in [0.05, 0.1) is 0 Å². The van der Waals surface area contributed by atoms with Crippen LogP contribution < -0.4 is 5.73 Å². The van der Waals surface area contributed by atoms with Gasteiger partial charge in [-0.15, -0.1) is 0 Å². The predicted octanol–water partition coefficient (Wildman–Crippen LogP) is 2.61. The van der Waals surface area contributed by atoms with Crippen molar-refractivity contribution in [2.45, 2.75) is 51.9 Å². The Morgan fingerprint density at radius 3 is 2.39 bits per heavy atom. The number of guanidine groups is 1. The van der Waals surface area contributed by atoms with Crippen molar-refractivity contribution < 1.29 is 0 Å². The number of likely N-dealkylation sites (tertiary alicyclic amines) is 1. The van der Waals surface area contributed by atoms with Gasteiger partial charge >= 0.3 is 0 Å². The van der Waals surface area contributed by atoms with Crippen LogP contribution in [-0.2, 0) is 0 Å². The molecule has 0 radical (unpaired) electrons. The summed E-state index contributed by atoms with van der Waals surface area (Å²) in [7, 11) is 0. The third kappa shape index (κ3) is 2.36. The van der Waals surface area contributed by atoms with Crippen molar-refractivity contribution in [2.24, 2.45) is 28.0 Å². The first-order chi connectivity index (χ1) is 8.70. The quantitative estimate of drug-likeness (QED) is 0.617. The molecule has 2 saturated carbocycles. The lowest BCUT2D eigenvalue weighted by molar-refractivity contribution is 0.112. The molecule has 3 rings (SSSR count). The van der Waals surface area contributed by atoms with Crippen LogP contribution in [0.25, 0.3) is 0 Å². The Morgan fingerprint density at radius 1 is 1.22 bits per heavy atom. The molecule has 3 heteroatoms. The summed E-state index contributed by atoms with van der Waals surface area (Å²) in [6.45, 7) is 5.54. The van der Waals surface area contributed by atoms with Crippen LogP contribution in [0.4, 0.5) is 0 Å². The van der Waals surface area contributed by atoms with Crippen molar-refractivity contribution in [2.75, 3.05) is 19.6 Å². The van der Waals surface area contributed by atoms with E-state index >= 15 is 0 Å². The van der Waals surface area contributed by atoms with E-state index in [-0.39, 0.29) is 0 Å². The number of piperidine rings is 1. The van der Waals surface area contributed by atoms with E-state index in [1.807, 2.05) is 0 Å². The Bertz CT molecular complexity index is 321. The average molecular weight is 249 g/mol. The van der Waals surface area contributed by atoms with Gasteiger partial charge in [-0.05, 0) is 55.8 Å². The lowest BCUT2D eigenvalue weighted by Gasteiger charge is -2.41. The maximum Gasteiger partial charge on any atom is 0.191 e. The van der Waals surface area contributed by atoms with Crippen LogP contribution in [0.5, 0.6) is 0 Å². The van der Waals surface area contributed by atoms with E-state index in [0.29, 0.717) is 5.41 Å². The lowest BCUT2D eigenvalue weighted by atomic mass is 9.65. The molecule has 3 aliphatic rings. The Balaban J connectivity index is 1.55. The van der Waals surface area contributed by atoms with Gasteiger partial charge < -0.3 is 10.6 Å². The molecule has 1 aliphatic heterocycles. The third-order valence-corrected chi connectivity index (χ3v) is 5.46. The van der Waals surface area contributed by atoms with Gasteiger partial charge in [0.2, 0.25) is 0 Å².